The second kappa shape index (κ2) is 7.38. The molecule has 1 heterocycles. The molecule has 0 saturated carbocycles. The maximum absolute atomic E-state index is 13.2. The Morgan fingerprint density at radius 3 is 2.32 bits per heavy atom. The van der Waals surface area contributed by atoms with Gasteiger partial charge in [0.1, 0.15) is 11.9 Å². The zero-order valence-electron chi connectivity index (χ0n) is 14.8. The highest BCUT2D eigenvalue weighted by atomic mass is 19.4. The molecule has 28 heavy (non-hydrogen) atoms. The summed E-state index contributed by atoms with van der Waals surface area (Å²) in [6.45, 7) is 0. The van der Waals surface area contributed by atoms with Gasteiger partial charge in [-0.3, -0.25) is 5.43 Å². The molecule has 6 heteroatoms. The van der Waals surface area contributed by atoms with E-state index in [0.29, 0.717) is 17.9 Å². The van der Waals surface area contributed by atoms with E-state index in [1.807, 2.05) is 54.6 Å². The maximum Gasteiger partial charge on any atom is 0.418 e. The molecule has 0 spiro atoms. The summed E-state index contributed by atoms with van der Waals surface area (Å²) in [5, 5.41) is 4.33. The standard InChI is InChI=1S/C22H17F3N2O/c23-22(24,25)17-11-5-6-12-18(17)26-27-19-14-21(15-8-2-1-3-9-15)28-20-13-7-4-10-16(19)20/h1-13,21,26H,14H2/b27-19-. The quantitative estimate of drug-likeness (QED) is 0.560. The molecular formula is C22H17F3N2O. The highest BCUT2D eigenvalue weighted by Gasteiger charge is 2.33. The topological polar surface area (TPSA) is 33.6 Å². The van der Waals surface area contributed by atoms with E-state index >= 15 is 0 Å². The van der Waals surface area contributed by atoms with Crippen molar-refractivity contribution >= 4 is 11.4 Å². The van der Waals surface area contributed by atoms with Crippen molar-refractivity contribution in [1.29, 1.82) is 0 Å². The van der Waals surface area contributed by atoms with Gasteiger partial charge in [-0.25, -0.2) is 0 Å². The zero-order chi connectivity index (χ0) is 19.6. The lowest BCUT2D eigenvalue weighted by Crippen LogP contribution is -2.22. The van der Waals surface area contributed by atoms with E-state index in [1.165, 1.54) is 12.1 Å². The summed E-state index contributed by atoms with van der Waals surface area (Å²) < 4.78 is 45.8. The van der Waals surface area contributed by atoms with Gasteiger partial charge in [-0.05, 0) is 29.8 Å². The SMILES string of the molecule is FC(F)(F)c1ccccc1N/N=C1/CC(c2ccccc2)Oc2ccccc21. The number of nitrogens with zero attached hydrogens (tertiary/aromatic N) is 1. The van der Waals surface area contributed by atoms with Crippen molar-refractivity contribution in [2.75, 3.05) is 5.43 Å². The van der Waals surface area contributed by atoms with Crippen molar-refractivity contribution < 1.29 is 17.9 Å². The van der Waals surface area contributed by atoms with Gasteiger partial charge in [0.25, 0.3) is 0 Å². The molecule has 1 unspecified atom stereocenters. The monoisotopic (exact) mass is 382 g/mol. The molecule has 3 aromatic carbocycles. The van der Waals surface area contributed by atoms with Crippen LogP contribution in [0, 0.1) is 0 Å². The Hall–Kier alpha value is -3.28. The Morgan fingerprint density at radius 2 is 1.54 bits per heavy atom. The largest absolute Gasteiger partial charge is 0.485 e. The van der Waals surface area contributed by atoms with Gasteiger partial charge in [0, 0.05) is 12.0 Å². The number of ether oxygens (including phenoxy) is 1. The summed E-state index contributed by atoms with van der Waals surface area (Å²) in [5.74, 6) is 0.659. The van der Waals surface area contributed by atoms with Crippen LogP contribution >= 0.6 is 0 Å². The van der Waals surface area contributed by atoms with E-state index in [2.05, 4.69) is 10.5 Å². The smallest absolute Gasteiger partial charge is 0.418 e. The van der Waals surface area contributed by atoms with Gasteiger partial charge >= 0.3 is 6.18 Å². The molecule has 142 valence electrons. The molecule has 1 aliphatic heterocycles. The fourth-order valence-electron chi connectivity index (χ4n) is 3.20. The van der Waals surface area contributed by atoms with E-state index < -0.39 is 11.7 Å². The summed E-state index contributed by atoms with van der Waals surface area (Å²) in [7, 11) is 0. The van der Waals surface area contributed by atoms with Crippen LogP contribution in [0.2, 0.25) is 0 Å². The summed E-state index contributed by atoms with van der Waals surface area (Å²) in [6, 6.07) is 22.4. The fraction of sp³-hybridized carbons (Fsp3) is 0.136. The average Bonchev–Trinajstić information content (AvgIpc) is 2.72. The van der Waals surface area contributed by atoms with Crippen molar-refractivity contribution in [2.45, 2.75) is 18.7 Å². The number of halogens is 3. The molecule has 0 aromatic heterocycles. The minimum atomic E-state index is -4.45. The molecule has 1 atom stereocenters. The van der Waals surface area contributed by atoms with Crippen LogP contribution < -0.4 is 10.2 Å². The Balaban J connectivity index is 1.68. The van der Waals surface area contributed by atoms with Gasteiger partial charge in [0.15, 0.2) is 0 Å². The minimum absolute atomic E-state index is 0.0808. The molecule has 3 nitrogen and oxygen atoms in total. The lowest BCUT2D eigenvalue weighted by Gasteiger charge is -2.27. The molecule has 4 rings (SSSR count). The molecular weight excluding hydrogens is 365 g/mol. The second-order valence-corrected chi connectivity index (χ2v) is 6.43. The number of hydrogen-bond acceptors (Lipinski definition) is 3. The summed E-state index contributed by atoms with van der Waals surface area (Å²) >= 11 is 0. The van der Waals surface area contributed by atoms with Crippen molar-refractivity contribution in [3.63, 3.8) is 0 Å². The molecule has 3 aromatic rings. The van der Waals surface area contributed by atoms with Crippen LogP contribution in [0.5, 0.6) is 5.75 Å². The molecule has 0 bridgehead atoms. The second-order valence-electron chi connectivity index (χ2n) is 6.43. The number of anilines is 1. The first-order valence-corrected chi connectivity index (χ1v) is 8.82. The number of alkyl halides is 3. The van der Waals surface area contributed by atoms with Gasteiger partial charge in [-0.2, -0.15) is 18.3 Å². The van der Waals surface area contributed by atoms with Crippen LogP contribution in [0.25, 0.3) is 0 Å². The third-order valence-electron chi connectivity index (χ3n) is 4.56. The van der Waals surface area contributed by atoms with Crippen LogP contribution in [0.4, 0.5) is 18.9 Å². The van der Waals surface area contributed by atoms with Crippen molar-refractivity contribution in [3.8, 4) is 5.75 Å². The lowest BCUT2D eigenvalue weighted by molar-refractivity contribution is -0.136. The van der Waals surface area contributed by atoms with Crippen molar-refractivity contribution in [3.05, 3.63) is 95.6 Å². The van der Waals surface area contributed by atoms with E-state index in [4.69, 9.17) is 4.74 Å². The number of hydrazone groups is 1. The molecule has 0 saturated heterocycles. The van der Waals surface area contributed by atoms with Gasteiger partial charge in [0.05, 0.1) is 17.0 Å². The van der Waals surface area contributed by atoms with Gasteiger partial charge < -0.3 is 4.74 Å². The van der Waals surface area contributed by atoms with Gasteiger partial charge in [-0.1, -0.05) is 54.6 Å². The number of para-hydroxylation sites is 2. The first-order chi connectivity index (χ1) is 13.5. The Morgan fingerprint density at radius 1 is 0.857 bits per heavy atom. The zero-order valence-corrected chi connectivity index (χ0v) is 14.8. The minimum Gasteiger partial charge on any atom is -0.485 e. The third kappa shape index (κ3) is 3.71. The van der Waals surface area contributed by atoms with E-state index in [-0.39, 0.29) is 11.8 Å². The van der Waals surface area contributed by atoms with Crippen LogP contribution in [0.1, 0.15) is 29.2 Å². The van der Waals surface area contributed by atoms with Gasteiger partial charge in [-0.15, -0.1) is 0 Å². The summed E-state index contributed by atoms with van der Waals surface area (Å²) in [5.41, 5.74) is 4.19. The fourth-order valence-corrected chi connectivity index (χ4v) is 3.20. The summed E-state index contributed by atoms with van der Waals surface area (Å²) in [6.07, 6.45) is -4.26. The maximum atomic E-state index is 13.2. The van der Waals surface area contributed by atoms with Crippen molar-refractivity contribution in [2.24, 2.45) is 5.10 Å². The lowest BCUT2D eigenvalue weighted by atomic mass is 9.96. The predicted octanol–water partition coefficient (Wildman–Crippen LogP) is 6.05. The van der Waals surface area contributed by atoms with E-state index in [1.54, 1.807) is 6.07 Å². The van der Waals surface area contributed by atoms with Crippen LogP contribution in [-0.4, -0.2) is 5.71 Å². The van der Waals surface area contributed by atoms with Crippen LogP contribution in [0.3, 0.4) is 0 Å². The molecule has 0 amide bonds. The van der Waals surface area contributed by atoms with Crippen LogP contribution in [0.15, 0.2) is 84.0 Å². The van der Waals surface area contributed by atoms with Gasteiger partial charge in [0.2, 0.25) is 0 Å². The highest BCUT2D eigenvalue weighted by molar-refractivity contribution is 6.04. The highest BCUT2D eigenvalue weighted by Crippen LogP contribution is 2.37. The average molecular weight is 382 g/mol. The summed E-state index contributed by atoms with van der Waals surface area (Å²) in [4.78, 5) is 0. The predicted molar refractivity (Wildman–Crippen MR) is 102 cm³/mol. The van der Waals surface area contributed by atoms with Crippen molar-refractivity contribution in [1.82, 2.24) is 0 Å². The molecule has 0 radical (unpaired) electrons. The molecule has 0 fully saturated rings. The number of hydrogen-bond donors (Lipinski definition) is 1. The first kappa shape index (κ1) is 18.1. The first-order valence-electron chi connectivity index (χ1n) is 8.82. The number of fused-ring (bicyclic) bond motifs is 1. The molecule has 0 aliphatic carbocycles. The number of nitrogens with one attached hydrogen (secondary N) is 1. The van der Waals surface area contributed by atoms with Crippen LogP contribution in [-0.2, 0) is 6.18 Å². The molecule has 1 aliphatic rings. The Labute approximate surface area is 160 Å². The number of rotatable bonds is 3. The Kier molecular flexibility index (Phi) is 4.77. The number of benzene rings is 3. The Bertz CT molecular complexity index is 1000. The molecule has 1 N–H and O–H groups in total. The van der Waals surface area contributed by atoms with E-state index in [0.717, 1.165) is 17.2 Å². The van der Waals surface area contributed by atoms with E-state index in [9.17, 15) is 13.2 Å². The normalized spacial score (nSPS) is 17.7. The third-order valence-corrected chi connectivity index (χ3v) is 4.56.